The molecule has 0 aliphatic heterocycles. The van der Waals surface area contributed by atoms with Gasteiger partial charge < -0.3 is 15.6 Å². The van der Waals surface area contributed by atoms with E-state index in [-0.39, 0.29) is 11.4 Å². The second kappa shape index (κ2) is 3.97. The Morgan fingerprint density at radius 1 is 1.59 bits per heavy atom. The van der Waals surface area contributed by atoms with Crippen molar-refractivity contribution in [3.63, 3.8) is 0 Å². The number of rotatable bonds is 3. The summed E-state index contributed by atoms with van der Waals surface area (Å²) < 4.78 is 4.92. The van der Waals surface area contributed by atoms with Crippen molar-refractivity contribution in [1.82, 2.24) is 0 Å². The van der Waals surface area contributed by atoms with Crippen molar-refractivity contribution in [3.8, 4) is 5.75 Å². The number of methoxy groups -OCH3 is 1. The minimum Gasteiger partial charge on any atom is -0.490 e. The summed E-state index contributed by atoms with van der Waals surface area (Å²) in [6, 6.07) is 4.66. The molecule has 0 saturated heterocycles. The van der Waals surface area contributed by atoms with Gasteiger partial charge in [0.05, 0.1) is 18.1 Å². The van der Waals surface area contributed by atoms with Crippen LogP contribution in [0.3, 0.4) is 0 Å². The van der Waals surface area contributed by atoms with Crippen LogP contribution in [-0.2, 0) is 5.54 Å². The molecule has 6 heteroatoms. The molecule has 0 spiro atoms. The molecule has 0 bridgehead atoms. The summed E-state index contributed by atoms with van der Waals surface area (Å²) in [6.07, 6.45) is 0.439. The van der Waals surface area contributed by atoms with Crippen molar-refractivity contribution in [3.05, 3.63) is 33.9 Å². The molecule has 1 fully saturated rings. The smallest absolute Gasteiger partial charge is 0.311 e. The third-order valence-corrected chi connectivity index (χ3v) is 3.15. The van der Waals surface area contributed by atoms with Gasteiger partial charge in [0.25, 0.3) is 0 Å². The van der Waals surface area contributed by atoms with Crippen molar-refractivity contribution in [2.75, 3.05) is 7.11 Å². The highest BCUT2D eigenvalue weighted by molar-refractivity contribution is 5.50. The summed E-state index contributed by atoms with van der Waals surface area (Å²) in [4.78, 5) is 10.4. The fraction of sp³-hybridized carbons (Fsp3) is 0.455. The van der Waals surface area contributed by atoms with Gasteiger partial charge in [-0.3, -0.25) is 10.1 Å². The summed E-state index contributed by atoms with van der Waals surface area (Å²) in [6.45, 7) is 0. The van der Waals surface area contributed by atoms with Crippen LogP contribution in [0.15, 0.2) is 18.2 Å². The largest absolute Gasteiger partial charge is 0.490 e. The molecule has 0 atom stereocenters. The van der Waals surface area contributed by atoms with Crippen molar-refractivity contribution in [2.24, 2.45) is 5.73 Å². The average Bonchev–Trinajstić information content (AvgIpc) is 2.26. The first-order valence-corrected chi connectivity index (χ1v) is 5.26. The Labute approximate surface area is 98.2 Å². The molecule has 1 aliphatic carbocycles. The van der Waals surface area contributed by atoms with Gasteiger partial charge in [-0.2, -0.15) is 0 Å². The van der Waals surface area contributed by atoms with Crippen LogP contribution in [0.25, 0.3) is 0 Å². The minimum atomic E-state index is -0.656. The maximum absolute atomic E-state index is 10.9. The zero-order chi connectivity index (χ0) is 12.6. The number of hydrogen-bond donors (Lipinski definition) is 2. The van der Waals surface area contributed by atoms with E-state index >= 15 is 0 Å². The topological polar surface area (TPSA) is 98.6 Å². The standard InChI is InChI=1S/C11H14N2O4/c1-17-10-3-2-7(4-9(10)13(15)16)11(12)5-8(14)6-11/h2-4,8,14H,5-6,12H2,1H3. The maximum atomic E-state index is 10.9. The molecule has 0 heterocycles. The first-order valence-electron chi connectivity index (χ1n) is 5.26. The first kappa shape index (κ1) is 11.8. The van der Waals surface area contributed by atoms with Gasteiger partial charge in [0.2, 0.25) is 0 Å². The fourth-order valence-electron chi connectivity index (χ4n) is 2.16. The van der Waals surface area contributed by atoms with E-state index in [9.17, 15) is 15.2 Å². The van der Waals surface area contributed by atoms with Crippen LogP contribution in [0.4, 0.5) is 5.69 Å². The molecule has 1 aromatic rings. The van der Waals surface area contributed by atoms with Crippen LogP contribution < -0.4 is 10.5 Å². The number of aliphatic hydroxyl groups excluding tert-OH is 1. The lowest BCUT2D eigenvalue weighted by atomic mass is 9.70. The summed E-state index contributed by atoms with van der Waals surface area (Å²) in [5.41, 5.74) is 5.96. The molecule has 0 radical (unpaired) electrons. The van der Waals surface area contributed by atoms with Crippen molar-refractivity contribution in [2.45, 2.75) is 24.5 Å². The third-order valence-electron chi connectivity index (χ3n) is 3.15. The monoisotopic (exact) mass is 238 g/mol. The summed E-state index contributed by atoms with van der Waals surface area (Å²) >= 11 is 0. The van der Waals surface area contributed by atoms with E-state index in [1.54, 1.807) is 6.07 Å². The van der Waals surface area contributed by atoms with Gasteiger partial charge in [-0.25, -0.2) is 0 Å². The Morgan fingerprint density at radius 2 is 2.24 bits per heavy atom. The molecule has 2 rings (SSSR count). The van der Waals surface area contributed by atoms with Gasteiger partial charge in [0.1, 0.15) is 0 Å². The number of hydrogen-bond acceptors (Lipinski definition) is 5. The van der Waals surface area contributed by atoms with E-state index in [1.165, 1.54) is 19.2 Å². The molecule has 1 aliphatic rings. The van der Waals surface area contributed by atoms with Crippen LogP contribution in [0.5, 0.6) is 5.75 Å². The zero-order valence-corrected chi connectivity index (χ0v) is 9.42. The maximum Gasteiger partial charge on any atom is 0.311 e. The molecule has 0 amide bonds. The number of nitro groups is 1. The predicted octanol–water partition coefficient (Wildman–Crippen LogP) is 0.912. The van der Waals surface area contributed by atoms with Crippen LogP contribution in [0, 0.1) is 10.1 Å². The summed E-state index contributed by atoms with van der Waals surface area (Å²) in [5, 5.41) is 20.2. The number of ether oxygens (including phenoxy) is 1. The Bertz CT molecular complexity index is 455. The van der Waals surface area contributed by atoms with Gasteiger partial charge in [0, 0.05) is 11.6 Å². The van der Waals surface area contributed by atoms with Crippen molar-refractivity contribution >= 4 is 5.69 Å². The van der Waals surface area contributed by atoms with Crippen LogP contribution in [0.1, 0.15) is 18.4 Å². The van der Waals surface area contributed by atoms with Gasteiger partial charge in [-0.1, -0.05) is 6.07 Å². The van der Waals surface area contributed by atoms with Crippen LogP contribution >= 0.6 is 0 Å². The molecular formula is C11H14N2O4. The number of nitrogens with zero attached hydrogens (tertiary/aromatic N) is 1. The Kier molecular flexibility index (Phi) is 2.76. The molecule has 1 aromatic carbocycles. The fourth-order valence-corrected chi connectivity index (χ4v) is 2.16. The Hall–Kier alpha value is -1.66. The van der Waals surface area contributed by atoms with Gasteiger partial charge in [-0.05, 0) is 24.5 Å². The molecule has 92 valence electrons. The quantitative estimate of drug-likeness (QED) is 0.602. The SMILES string of the molecule is COc1ccc(C2(N)CC(O)C2)cc1[N+](=O)[O-]. The lowest BCUT2D eigenvalue weighted by molar-refractivity contribution is -0.385. The number of benzene rings is 1. The van der Waals surface area contributed by atoms with Gasteiger partial charge in [0.15, 0.2) is 5.75 Å². The minimum absolute atomic E-state index is 0.101. The molecule has 6 nitrogen and oxygen atoms in total. The lowest BCUT2D eigenvalue weighted by Crippen LogP contribution is -2.51. The van der Waals surface area contributed by atoms with Crippen molar-refractivity contribution in [1.29, 1.82) is 0 Å². The second-order valence-electron chi connectivity index (χ2n) is 4.36. The highest BCUT2D eigenvalue weighted by Crippen LogP contribution is 2.41. The van der Waals surface area contributed by atoms with E-state index in [4.69, 9.17) is 10.5 Å². The number of aliphatic hydroxyl groups is 1. The van der Waals surface area contributed by atoms with E-state index in [1.807, 2.05) is 0 Å². The van der Waals surface area contributed by atoms with E-state index in [0.717, 1.165) is 0 Å². The van der Waals surface area contributed by atoms with Gasteiger partial charge in [-0.15, -0.1) is 0 Å². The van der Waals surface area contributed by atoms with E-state index in [0.29, 0.717) is 18.4 Å². The Balaban J connectivity index is 2.38. The second-order valence-corrected chi connectivity index (χ2v) is 4.36. The van der Waals surface area contributed by atoms with Crippen molar-refractivity contribution < 1.29 is 14.8 Å². The summed E-state index contributed by atoms with van der Waals surface area (Å²) in [7, 11) is 1.38. The molecule has 0 unspecified atom stereocenters. The molecule has 1 saturated carbocycles. The Morgan fingerprint density at radius 3 is 2.71 bits per heavy atom. The molecule has 17 heavy (non-hydrogen) atoms. The zero-order valence-electron chi connectivity index (χ0n) is 9.42. The molecule has 3 N–H and O–H groups in total. The molecule has 0 aromatic heterocycles. The lowest BCUT2D eigenvalue weighted by Gasteiger charge is -2.42. The molecular weight excluding hydrogens is 224 g/mol. The highest BCUT2D eigenvalue weighted by atomic mass is 16.6. The number of nitro benzene ring substituents is 1. The van der Waals surface area contributed by atoms with E-state index in [2.05, 4.69) is 0 Å². The van der Waals surface area contributed by atoms with E-state index < -0.39 is 16.6 Å². The average molecular weight is 238 g/mol. The van der Waals surface area contributed by atoms with Crippen LogP contribution in [-0.4, -0.2) is 23.2 Å². The highest BCUT2D eigenvalue weighted by Gasteiger charge is 2.42. The van der Waals surface area contributed by atoms with Crippen LogP contribution in [0.2, 0.25) is 0 Å². The van der Waals surface area contributed by atoms with Gasteiger partial charge >= 0.3 is 5.69 Å². The third kappa shape index (κ3) is 1.96. The number of nitrogens with two attached hydrogens (primary N) is 1. The first-order chi connectivity index (χ1) is 7.96. The predicted molar refractivity (Wildman–Crippen MR) is 60.8 cm³/mol. The summed E-state index contributed by atoms with van der Waals surface area (Å²) in [5.74, 6) is 0.210. The normalized spacial score (nSPS) is 27.4.